The lowest BCUT2D eigenvalue weighted by Crippen LogP contribution is -2.44. The van der Waals surface area contributed by atoms with Crippen molar-refractivity contribution in [3.8, 4) is 0 Å². The zero-order chi connectivity index (χ0) is 14.2. The van der Waals surface area contributed by atoms with Crippen molar-refractivity contribution in [1.29, 1.82) is 5.41 Å². The van der Waals surface area contributed by atoms with Crippen LogP contribution in [0.5, 0.6) is 0 Å². The van der Waals surface area contributed by atoms with Crippen LogP contribution in [-0.2, 0) is 0 Å². The number of nitrogens with zero attached hydrogens (tertiary/aromatic N) is 2. The minimum absolute atomic E-state index is 0.203. The molecular weight excluding hydrogens is 224 g/mol. The molecule has 4 nitrogen and oxygen atoms in total. The maximum absolute atomic E-state index is 7.53. The molecule has 0 fully saturated rings. The van der Waals surface area contributed by atoms with Crippen LogP contribution in [0.4, 0.5) is 0 Å². The van der Waals surface area contributed by atoms with E-state index in [1.807, 2.05) is 4.90 Å². The Bertz CT molecular complexity index is 232. The quantitative estimate of drug-likeness (QED) is 0.518. The highest BCUT2D eigenvalue weighted by atomic mass is 15.2. The van der Waals surface area contributed by atoms with Gasteiger partial charge in [-0.25, -0.2) is 0 Å². The average Bonchev–Trinajstić information content (AvgIpc) is 2.25. The van der Waals surface area contributed by atoms with Gasteiger partial charge in [0.2, 0.25) is 0 Å². The second-order valence-electron chi connectivity index (χ2n) is 5.88. The first-order valence-electron chi connectivity index (χ1n) is 7.17. The highest BCUT2D eigenvalue weighted by Gasteiger charge is 2.19. The van der Waals surface area contributed by atoms with Gasteiger partial charge in [0, 0.05) is 25.2 Å². The lowest BCUT2D eigenvalue weighted by atomic mass is 10.1. The molecule has 0 aromatic carbocycles. The topological polar surface area (TPSA) is 56.4 Å². The van der Waals surface area contributed by atoms with Crippen LogP contribution in [-0.4, -0.2) is 47.5 Å². The fourth-order valence-corrected chi connectivity index (χ4v) is 2.13. The van der Waals surface area contributed by atoms with E-state index in [1.54, 1.807) is 0 Å². The van der Waals surface area contributed by atoms with Crippen molar-refractivity contribution >= 4 is 5.96 Å². The molecular formula is C14H32N4. The number of nitrogens with one attached hydrogen (secondary N) is 1. The van der Waals surface area contributed by atoms with E-state index in [0.29, 0.717) is 0 Å². The Kier molecular flexibility index (Phi) is 8.00. The maximum atomic E-state index is 7.53. The summed E-state index contributed by atoms with van der Waals surface area (Å²) in [4.78, 5) is 4.48. The minimum Gasteiger partial charge on any atom is -0.370 e. The van der Waals surface area contributed by atoms with Gasteiger partial charge in [-0.2, -0.15) is 0 Å². The first-order valence-corrected chi connectivity index (χ1v) is 7.17. The van der Waals surface area contributed by atoms with Gasteiger partial charge in [0.05, 0.1) is 0 Å². The largest absolute Gasteiger partial charge is 0.370 e. The Morgan fingerprint density at radius 2 is 1.56 bits per heavy atom. The SMILES string of the molecule is CCCN(CCCN(CCC)C(C)(C)C)C(=N)N. The lowest BCUT2D eigenvalue weighted by molar-refractivity contribution is 0.131. The third-order valence-corrected chi connectivity index (χ3v) is 3.13. The molecule has 108 valence electrons. The van der Waals surface area contributed by atoms with E-state index in [9.17, 15) is 0 Å². The third-order valence-electron chi connectivity index (χ3n) is 3.13. The summed E-state index contributed by atoms with van der Waals surface area (Å²) >= 11 is 0. The van der Waals surface area contributed by atoms with Crippen molar-refractivity contribution < 1.29 is 0 Å². The van der Waals surface area contributed by atoms with Crippen LogP contribution >= 0.6 is 0 Å². The molecule has 0 saturated heterocycles. The van der Waals surface area contributed by atoms with E-state index >= 15 is 0 Å². The predicted octanol–water partition coefficient (Wildman–Crippen LogP) is 2.49. The fourth-order valence-electron chi connectivity index (χ4n) is 2.13. The number of guanidine groups is 1. The van der Waals surface area contributed by atoms with Crippen LogP contribution in [0.1, 0.15) is 53.9 Å². The van der Waals surface area contributed by atoms with Crippen molar-refractivity contribution in [1.82, 2.24) is 9.80 Å². The summed E-state index contributed by atoms with van der Waals surface area (Å²) in [6.07, 6.45) is 3.29. The summed E-state index contributed by atoms with van der Waals surface area (Å²) in [5.41, 5.74) is 5.80. The molecule has 0 rings (SSSR count). The Balaban J connectivity index is 4.15. The summed E-state index contributed by atoms with van der Waals surface area (Å²) in [7, 11) is 0. The molecule has 0 aromatic rings. The Labute approximate surface area is 113 Å². The molecule has 0 aliphatic carbocycles. The Morgan fingerprint density at radius 1 is 1.00 bits per heavy atom. The number of nitrogens with two attached hydrogens (primary N) is 1. The van der Waals surface area contributed by atoms with Gasteiger partial charge in [0.15, 0.2) is 5.96 Å². The molecule has 0 radical (unpaired) electrons. The van der Waals surface area contributed by atoms with Gasteiger partial charge in [-0.1, -0.05) is 13.8 Å². The average molecular weight is 256 g/mol. The molecule has 0 spiro atoms. The van der Waals surface area contributed by atoms with E-state index in [-0.39, 0.29) is 11.5 Å². The van der Waals surface area contributed by atoms with E-state index < -0.39 is 0 Å². The second kappa shape index (κ2) is 8.35. The molecule has 0 saturated carbocycles. The zero-order valence-corrected chi connectivity index (χ0v) is 12.9. The summed E-state index contributed by atoms with van der Waals surface area (Å²) in [6.45, 7) is 15.1. The summed E-state index contributed by atoms with van der Waals surface area (Å²) in [6, 6.07) is 0. The van der Waals surface area contributed by atoms with Crippen molar-refractivity contribution in [2.45, 2.75) is 59.4 Å². The standard InChI is InChI=1S/C14H32N4/c1-6-9-17(13(15)16)11-8-12-18(10-7-2)14(3,4)5/h6-12H2,1-5H3,(H3,15,16). The zero-order valence-electron chi connectivity index (χ0n) is 12.9. The van der Waals surface area contributed by atoms with Gasteiger partial charge < -0.3 is 10.6 Å². The number of rotatable bonds is 8. The first-order chi connectivity index (χ1) is 8.32. The molecule has 4 heteroatoms. The predicted molar refractivity (Wildman–Crippen MR) is 80.0 cm³/mol. The molecule has 0 atom stereocenters. The lowest BCUT2D eigenvalue weighted by Gasteiger charge is -2.36. The highest BCUT2D eigenvalue weighted by molar-refractivity contribution is 5.74. The summed E-state index contributed by atoms with van der Waals surface area (Å²) in [5, 5.41) is 7.53. The molecule has 0 unspecified atom stereocenters. The van der Waals surface area contributed by atoms with Crippen molar-refractivity contribution in [3.63, 3.8) is 0 Å². The molecule has 0 aliphatic heterocycles. The van der Waals surface area contributed by atoms with Crippen LogP contribution in [0, 0.1) is 5.41 Å². The normalized spacial score (nSPS) is 11.9. The van der Waals surface area contributed by atoms with Gasteiger partial charge in [-0.05, 0) is 46.6 Å². The molecule has 3 N–H and O–H groups in total. The van der Waals surface area contributed by atoms with Crippen LogP contribution in [0.2, 0.25) is 0 Å². The van der Waals surface area contributed by atoms with E-state index in [4.69, 9.17) is 11.1 Å². The van der Waals surface area contributed by atoms with Gasteiger partial charge in [0.1, 0.15) is 0 Å². The van der Waals surface area contributed by atoms with Gasteiger partial charge >= 0.3 is 0 Å². The molecule has 18 heavy (non-hydrogen) atoms. The van der Waals surface area contributed by atoms with Crippen LogP contribution < -0.4 is 5.73 Å². The van der Waals surface area contributed by atoms with Crippen molar-refractivity contribution in [2.24, 2.45) is 5.73 Å². The number of hydrogen-bond acceptors (Lipinski definition) is 2. The van der Waals surface area contributed by atoms with Crippen LogP contribution in [0.15, 0.2) is 0 Å². The molecule has 0 heterocycles. The number of hydrogen-bond donors (Lipinski definition) is 2. The van der Waals surface area contributed by atoms with Crippen molar-refractivity contribution in [3.05, 3.63) is 0 Å². The minimum atomic E-state index is 0.203. The van der Waals surface area contributed by atoms with Crippen molar-refractivity contribution in [2.75, 3.05) is 26.2 Å². The molecule has 0 amide bonds. The Hall–Kier alpha value is -0.770. The van der Waals surface area contributed by atoms with Gasteiger partial charge in [-0.15, -0.1) is 0 Å². The van der Waals surface area contributed by atoms with Gasteiger partial charge in [-0.3, -0.25) is 10.3 Å². The van der Waals surface area contributed by atoms with E-state index in [2.05, 4.69) is 39.5 Å². The van der Waals surface area contributed by atoms with Gasteiger partial charge in [0.25, 0.3) is 0 Å². The summed E-state index contributed by atoms with van der Waals surface area (Å²) in [5.74, 6) is 0.203. The molecule has 0 aromatic heterocycles. The Morgan fingerprint density at radius 3 is 1.94 bits per heavy atom. The smallest absolute Gasteiger partial charge is 0.188 e. The maximum Gasteiger partial charge on any atom is 0.188 e. The fraction of sp³-hybridized carbons (Fsp3) is 0.929. The van der Waals surface area contributed by atoms with E-state index in [1.165, 1.54) is 6.42 Å². The third kappa shape index (κ3) is 6.84. The molecule has 0 aliphatic rings. The molecule has 0 bridgehead atoms. The monoisotopic (exact) mass is 256 g/mol. The highest BCUT2D eigenvalue weighted by Crippen LogP contribution is 2.14. The summed E-state index contributed by atoms with van der Waals surface area (Å²) < 4.78 is 0. The van der Waals surface area contributed by atoms with E-state index in [0.717, 1.165) is 39.0 Å². The first kappa shape index (κ1) is 17.2. The van der Waals surface area contributed by atoms with Crippen LogP contribution in [0.3, 0.4) is 0 Å². The van der Waals surface area contributed by atoms with Crippen LogP contribution in [0.25, 0.3) is 0 Å². The second-order valence-corrected chi connectivity index (χ2v) is 5.88.